The van der Waals surface area contributed by atoms with Gasteiger partial charge in [0, 0.05) is 13.1 Å². The molecule has 0 saturated heterocycles. The number of hydrogen-bond acceptors (Lipinski definition) is 1. The minimum Gasteiger partial charge on any atom is -0.374 e. The van der Waals surface area contributed by atoms with Gasteiger partial charge in [0.1, 0.15) is 0 Å². The molecule has 0 amide bonds. The van der Waals surface area contributed by atoms with Gasteiger partial charge in [-0.05, 0) is 30.7 Å². The second kappa shape index (κ2) is 6.16. The standard InChI is InChI=1S/C15H21N/c1-13-9-5-6-11-15(3)16(4)12-8-7-10-14(13)2/h5-13,15H,2H2,1,3-4H3/b9-5-,10-7-,11-6-,12-8-. The molecule has 0 radical (unpaired) electrons. The maximum absolute atomic E-state index is 4.05. The van der Waals surface area contributed by atoms with Crippen LogP contribution in [0.2, 0.25) is 0 Å². The van der Waals surface area contributed by atoms with Crippen LogP contribution >= 0.6 is 0 Å². The second-order valence-corrected chi connectivity index (χ2v) is 4.24. The summed E-state index contributed by atoms with van der Waals surface area (Å²) in [5.74, 6) is 0.391. The van der Waals surface area contributed by atoms with Crippen LogP contribution in [0.1, 0.15) is 13.8 Å². The Morgan fingerprint density at radius 1 is 1.06 bits per heavy atom. The number of allylic oxidation sites excluding steroid dienone is 7. The van der Waals surface area contributed by atoms with E-state index in [0.717, 1.165) is 5.57 Å². The first kappa shape index (κ1) is 12.6. The van der Waals surface area contributed by atoms with E-state index in [-0.39, 0.29) is 0 Å². The molecule has 1 heterocycles. The molecule has 0 spiro atoms. The molecule has 0 aromatic heterocycles. The zero-order valence-corrected chi connectivity index (χ0v) is 10.4. The quantitative estimate of drug-likeness (QED) is 0.595. The van der Waals surface area contributed by atoms with Crippen molar-refractivity contribution in [1.29, 1.82) is 0 Å². The Labute approximate surface area is 99.2 Å². The van der Waals surface area contributed by atoms with Crippen LogP contribution in [0.15, 0.2) is 60.9 Å². The summed E-state index contributed by atoms with van der Waals surface area (Å²) in [6.45, 7) is 8.38. The van der Waals surface area contributed by atoms with Crippen molar-refractivity contribution in [2.75, 3.05) is 7.05 Å². The largest absolute Gasteiger partial charge is 0.374 e. The van der Waals surface area contributed by atoms with E-state index in [1.807, 2.05) is 12.2 Å². The first-order valence-electron chi connectivity index (χ1n) is 5.72. The van der Waals surface area contributed by atoms with E-state index in [1.54, 1.807) is 0 Å². The predicted octanol–water partition coefficient (Wildman–Crippen LogP) is 3.69. The molecule has 1 rings (SSSR count). The molecular weight excluding hydrogens is 194 g/mol. The molecule has 0 aliphatic carbocycles. The van der Waals surface area contributed by atoms with E-state index < -0.39 is 0 Å². The highest BCUT2D eigenvalue weighted by Crippen LogP contribution is 2.12. The van der Waals surface area contributed by atoms with E-state index in [2.05, 4.69) is 69.0 Å². The van der Waals surface area contributed by atoms with Gasteiger partial charge in [-0.25, -0.2) is 0 Å². The molecule has 0 aromatic carbocycles. The Morgan fingerprint density at radius 2 is 1.75 bits per heavy atom. The third-order valence-corrected chi connectivity index (χ3v) is 2.87. The molecule has 0 aromatic rings. The van der Waals surface area contributed by atoms with Crippen molar-refractivity contribution in [3.05, 3.63) is 60.9 Å². The van der Waals surface area contributed by atoms with Crippen LogP contribution in [-0.2, 0) is 0 Å². The van der Waals surface area contributed by atoms with Gasteiger partial charge in [0.25, 0.3) is 0 Å². The highest BCUT2D eigenvalue weighted by Gasteiger charge is 2.00. The summed E-state index contributed by atoms with van der Waals surface area (Å²) in [5, 5.41) is 0. The molecule has 0 fully saturated rings. The van der Waals surface area contributed by atoms with Gasteiger partial charge in [-0.1, -0.05) is 50.0 Å². The summed E-state index contributed by atoms with van der Waals surface area (Å²) in [5.41, 5.74) is 1.13. The average molecular weight is 215 g/mol. The molecule has 0 N–H and O–H groups in total. The number of rotatable bonds is 0. The second-order valence-electron chi connectivity index (χ2n) is 4.24. The van der Waals surface area contributed by atoms with Gasteiger partial charge in [0.05, 0.1) is 0 Å². The monoisotopic (exact) mass is 215 g/mol. The molecule has 0 saturated carbocycles. The van der Waals surface area contributed by atoms with E-state index in [1.165, 1.54) is 0 Å². The molecule has 1 heteroatoms. The van der Waals surface area contributed by atoms with Crippen molar-refractivity contribution in [2.24, 2.45) is 5.92 Å². The lowest BCUT2D eigenvalue weighted by Crippen LogP contribution is -2.21. The van der Waals surface area contributed by atoms with E-state index >= 15 is 0 Å². The number of hydrogen-bond donors (Lipinski definition) is 0. The minimum atomic E-state index is 0.391. The van der Waals surface area contributed by atoms with Crippen LogP contribution in [0.3, 0.4) is 0 Å². The SMILES string of the molecule is C=C1/C=C\C=C/N(C)C(C)/C=C\C=C/C1C. The van der Waals surface area contributed by atoms with Crippen molar-refractivity contribution < 1.29 is 0 Å². The lowest BCUT2D eigenvalue weighted by atomic mass is 10.0. The molecule has 86 valence electrons. The summed E-state index contributed by atoms with van der Waals surface area (Å²) < 4.78 is 0. The molecule has 2 unspecified atom stereocenters. The third kappa shape index (κ3) is 3.93. The molecule has 16 heavy (non-hydrogen) atoms. The third-order valence-electron chi connectivity index (χ3n) is 2.87. The van der Waals surface area contributed by atoms with Crippen LogP contribution in [0.4, 0.5) is 0 Å². The van der Waals surface area contributed by atoms with Crippen molar-refractivity contribution in [2.45, 2.75) is 19.9 Å². The Balaban J connectivity index is 2.86. The summed E-state index contributed by atoms with van der Waals surface area (Å²) >= 11 is 0. The zero-order chi connectivity index (χ0) is 12.0. The van der Waals surface area contributed by atoms with Gasteiger partial charge >= 0.3 is 0 Å². The van der Waals surface area contributed by atoms with Gasteiger partial charge in [-0.3, -0.25) is 0 Å². The zero-order valence-electron chi connectivity index (χ0n) is 10.4. The molecular formula is C15H21N. The Hall–Kier alpha value is -1.50. The van der Waals surface area contributed by atoms with Crippen molar-refractivity contribution in [1.82, 2.24) is 4.90 Å². The maximum atomic E-state index is 4.05. The van der Waals surface area contributed by atoms with Crippen molar-refractivity contribution in [3.63, 3.8) is 0 Å². The summed E-state index contributed by atoms with van der Waals surface area (Å²) in [6.07, 6.45) is 16.8. The Morgan fingerprint density at radius 3 is 2.50 bits per heavy atom. The predicted molar refractivity (Wildman–Crippen MR) is 72.1 cm³/mol. The summed E-state index contributed by atoms with van der Waals surface area (Å²) in [4.78, 5) is 2.17. The van der Waals surface area contributed by atoms with Crippen LogP contribution in [0.25, 0.3) is 0 Å². The smallest absolute Gasteiger partial charge is 0.0439 e. The fourth-order valence-electron chi connectivity index (χ4n) is 1.37. The highest BCUT2D eigenvalue weighted by molar-refractivity contribution is 5.25. The van der Waals surface area contributed by atoms with E-state index in [4.69, 9.17) is 0 Å². The van der Waals surface area contributed by atoms with Gasteiger partial charge in [0.2, 0.25) is 0 Å². The fraction of sp³-hybridized carbons (Fsp3) is 0.333. The molecule has 1 aliphatic heterocycles. The highest BCUT2D eigenvalue weighted by atomic mass is 15.1. The minimum absolute atomic E-state index is 0.391. The fourth-order valence-corrected chi connectivity index (χ4v) is 1.37. The van der Waals surface area contributed by atoms with Crippen LogP contribution in [-0.4, -0.2) is 18.0 Å². The first-order chi connectivity index (χ1) is 7.61. The Kier molecular flexibility index (Phi) is 4.84. The topological polar surface area (TPSA) is 3.24 Å². The summed E-state index contributed by atoms with van der Waals surface area (Å²) in [6, 6.07) is 0.409. The van der Waals surface area contributed by atoms with Gasteiger partial charge in [-0.2, -0.15) is 0 Å². The molecule has 0 bridgehead atoms. The molecule has 1 nitrogen and oxygen atoms in total. The molecule has 2 atom stereocenters. The average Bonchev–Trinajstić information content (AvgIpc) is 2.27. The van der Waals surface area contributed by atoms with Crippen LogP contribution < -0.4 is 0 Å². The van der Waals surface area contributed by atoms with Crippen LogP contribution in [0, 0.1) is 5.92 Å². The van der Waals surface area contributed by atoms with Crippen molar-refractivity contribution in [3.8, 4) is 0 Å². The van der Waals surface area contributed by atoms with E-state index in [9.17, 15) is 0 Å². The lowest BCUT2D eigenvalue weighted by Gasteiger charge is -2.19. The van der Waals surface area contributed by atoms with E-state index in [0.29, 0.717) is 12.0 Å². The van der Waals surface area contributed by atoms with Gasteiger partial charge in [-0.15, -0.1) is 0 Å². The lowest BCUT2D eigenvalue weighted by molar-refractivity contribution is 0.408. The number of likely N-dealkylation sites (N-methyl/N-ethyl adjacent to an activating group) is 1. The normalized spacial score (nSPS) is 34.7. The van der Waals surface area contributed by atoms with Gasteiger partial charge in [0.15, 0.2) is 0 Å². The first-order valence-corrected chi connectivity index (χ1v) is 5.72. The molecule has 1 aliphatic rings. The van der Waals surface area contributed by atoms with Gasteiger partial charge < -0.3 is 4.90 Å². The Bertz CT molecular complexity index is 344. The maximum Gasteiger partial charge on any atom is 0.0439 e. The van der Waals surface area contributed by atoms with Crippen LogP contribution in [0.5, 0.6) is 0 Å². The van der Waals surface area contributed by atoms with Crippen molar-refractivity contribution >= 4 is 0 Å². The summed E-state index contributed by atoms with van der Waals surface area (Å²) in [7, 11) is 2.08. The number of nitrogens with zero attached hydrogens (tertiary/aromatic N) is 1.